The van der Waals surface area contributed by atoms with Crippen molar-refractivity contribution in [3.63, 3.8) is 0 Å². The molecule has 0 heterocycles. The average Bonchev–Trinajstić information content (AvgIpc) is 2.27. The molecule has 4 N–H and O–H groups in total. The lowest BCUT2D eigenvalue weighted by atomic mass is 10.0. The number of benzene rings is 2. The van der Waals surface area contributed by atoms with Gasteiger partial charge in [-0.25, -0.2) is 0 Å². The SMILES string of the molecule is NC(C(=O)O)c1cc2cc(Br)ccc2cc1O. The van der Waals surface area contributed by atoms with Gasteiger partial charge in [0.2, 0.25) is 0 Å². The summed E-state index contributed by atoms with van der Waals surface area (Å²) in [5.74, 6) is -1.27. The van der Waals surface area contributed by atoms with Gasteiger partial charge in [-0.1, -0.05) is 22.0 Å². The molecule has 0 aliphatic rings. The highest BCUT2D eigenvalue weighted by molar-refractivity contribution is 9.10. The topological polar surface area (TPSA) is 83.6 Å². The van der Waals surface area contributed by atoms with Gasteiger partial charge in [-0.2, -0.15) is 0 Å². The molecule has 1 atom stereocenters. The van der Waals surface area contributed by atoms with Crippen molar-refractivity contribution in [2.24, 2.45) is 5.73 Å². The summed E-state index contributed by atoms with van der Waals surface area (Å²) in [6, 6.07) is 7.40. The Labute approximate surface area is 106 Å². The third-order valence-corrected chi connectivity index (χ3v) is 3.04. The number of aliphatic carboxylic acids is 1. The molecule has 0 aliphatic heterocycles. The minimum absolute atomic E-state index is 0.102. The first-order valence-corrected chi connectivity index (χ1v) is 5.69. The number of nitrogens with two attached hydrogens (primary N) is 1. The van der Waals surface area contributed by atoms with E-state index in [4.69, 9.17) is 10.8 Å². The van der Waals surface area contributed by atoms with Crippen LogP contribution in [0.4, 0.5) is 0 Å². The number of carboxylic acids is 1. The van der Waals surface area contributed by atoms with Crippen LogP contribution in [0.5, 0.6) is 5.75 Å². The van der Waals surface area contributed by atoms with Crippen molar-refractivity contribution in [3.8, 4) is 5.75 Å². The number of hydrogen-bond acceptors (Lipinski definition) is 3. The largest absolute Gasteiger partial charge is 0.508 e. The summed E-state index contributed by atoms with van der Waals surface area (Å²) in [6.45, 7) is 0. The van der Waals surface area contributed by atoms with Gasteiger partial charge in [-0.3, -0.25) is 4.79 Å². The summed E-state index contributed by atoms with van der Waals surface area (Å²) in [7, 11) is 0. The molecule has 0 aliphatic carbocycles. The molecular weight excluding hydrogens is 286 g/mol. The highest BCUT2D eigenvalue weighted by atomic mass is 79.9. The molecular formula is C12H10BrNO3. The van der Waals surface area contributed by atoms with E-state index < -0.39 is 12.0 Å². The van der Waals surface area contributed by atoms with Gasteiger partial charge in [0.15, 0.2) is 0 Å². The number of aromatic hydroxyl groups is 1. The lowest BCUT2D eigenvalue weighted by Crippen LogP contribution is -2.20. The Bertz CT molecular complexity index is 598. The molecule has 0 bridgehead atoms. The molecule has 0 saturated carbocycles. The van der Waals surface area contributed by atoms with Gasteiger partial charge in [0, 0.05) is 10.0 Å². The van der Waals surface area contributed by atoms with E-state index in [1.54, 1.807) is 6.07 Å². The van der Waals surface area contributed by atoms with Crippen LogP contribution in [0.2, 0.25) is 0 Å². The van der Waals surface area contributed by atoms with Gasteiger partial charge >= 0.3 is 5.97 Å². The van der Waals surface area contributed by atoms with Crippen LogP contribution in [-0.2, 0) is 4.79 Å². The second kappa shape index (κ2) is 4.35. The number of carbonyl (C=O) groups is 1. The van der Waals surface area contributed by atoms with Crippen LogP contribution in [0.25, 0.3) is 10.8 Å². The second-order valence-electron chi connectivity index (χ2n) is 3.72. The van der Waals surface area contributed by atoms with Gasteiger partial charge in [0.25, 0.3) is 0 Å². The van der Waals surface area contributed by atoms with Gasteiger partial charge in [-0.15, -0.1) is 0 Å². The second-order valence-corrected chi connectivity index (χ2v) is 4.63. The van der Waals surface area contributed by atoms with Crippen LogP contribution in [0.15, 0.2) is 34.8 Å². The van der Waals surface area contributed by atoms with Crippen molar-refractivity contribution in [3.05, 3.63) is 40.4 Å². The van der Waals surface area contributed by atoms with Gasteiger partial charge < -0.3 is 15.9 Å². The number of phenolic OH excluding ortho intramolecular Hbond substituents is 1. The van der Waals surface area contributed by atoms with E-state index in [1.807, 2.05) is 18.2 Å². The summed E-state index contributed by atoms with van der Waals surface area (Å²) in [4.78, 5) is 10.8. The van der Waals surface area contributed by atoms with E-state index >= 15 is 0 Å². The number of phenols is 1. The minimum Gasteiger partial charge on any atom is -0.508 e. The van der Waals surface area contributed by atoms with E-state index in [0.29, 0.717) is 0 Å². The number of halogens is 1. The summed E-state index contributed by atoms with van der Waals surface area (Å²) >= 11 is 3.33. The van der Waals surface area contributed by atoms with Crippen molar-refractivity contribution in [1.82, 2.24) is 0 Å². The number of hydrogen-bond donors (Lipinski definition) is 3. The zero-order valence-electron chi connectivity index (χ0n) is 8.72. The van der Waals surface area contributed by atoms with Crippen molar-refractivity contribution < 1.29 is 15.0 Å². The standard InChI is InChI=1S/C12H10BrNO3/c13-8-2-1-6-5-10(15)9(4-7(6)3-8)11(14)12(16)17/h1-5,11,15H,14H2,(H,16,17). The first-order valence-electron chi connectivity index (χ1n) is 4.89. The summed E-state index contributed by atoms with van der Waals surface area (Å²) in [5.41, 5.74) is 5.71. The molecule has 2 aromatic rings. The molecule has 4 nitrogen and oxygen atoms in total. The third kappa shape index (κ3) is 2.25. The Balaban J connectivity index is 2.65. The zero-order chi connectivity index (χ0) is 12.6. The van der Waals surface area contributed by atoms with Crippen molar-refractivity contribution >= 4 is 32.7 Å². The lowest BCUT2D eigenvalue weighted by Gasteiger charge is -2.10. The van der Waals surface area contributed by atoms with Crippen molar-refractivity contribution in [1.29, 1.82) is 0 Å². The number of fused-ring (bicyclic) bond motifs is 1. The van der Waals surface area contributed by atoms with E-state index in [2.05, 4.69) is 15.9 Å². The van der Waals surface area contributed by atoms with E-state index in [9.17, 15) is 9.90 Å². The summed E-state index contributed by atoms with van der Waals surface area (Å²) in [5, 5.41) is 20.2. The molecule has 0 fully saturated rings. The molecule has 5 heteroatoms. The summed E-state index contributed by atoms with van der Waals surface area (Å²) in [6.07, 6.45) is 0. The minimum atomic E-state index is -1.22. The van der Waals surface area contributed by atoms with Crippen molar-refractivity contribution in [2.45, 2.75) is 6.04 Å². The van der Waals surface area contributed by atoms with E-state index in [1.165, 1.54) is 6.07 Å². The molecule has 2 aromatic carbocycles. The number of carboxylic acid groups (broad SMARTS) is 1. The van der Waals surface area contributed by atoms with Crippen molar-refractivity contribution in [2.75, 3.05) is 0 Å². The maximum atomic E-state index is 10.8. The molecule has 17 heavy (non-hydrogen) atoms. The van der Waals surface area contributed by atoms with Gasteiger partial charge in [-0.05, 0) is 35.0 Å². The molecule has 1 unspecified atom stereocenters. The molecule has 0 amide bonds. The molecule has 0 spiro atoms. The average molecular weight is 296 g/mol. The third-order valence-electron chi connectivity index (χ3n) is 2.55. The van der Waals surface area contributed by atoms with Crippen LogP contribution in [0.3, 0.4) is 0 Å². The quantitative estimate of drug-likeness (QED) is 0.794. The predicted octanol–water partition coefficient (Wildman–Crippen LogP) is 2.39. The maximum absolute atomic E-state index is 10.8. The number of rotatable bonds is 2. The fraction of sp³-hybridized carbons (Fsp3) is 0.0833. The van der Waals surface area contributed by atoms with Gasteiger partial charge in [0.05, 0.1) is 0 Å². The monoisotopic (exact) mass is 295 g/mol. The first-order chi connectivity index (χ1) is 7.99. The van der Waals surface area contributed by atoms with Crippen LogP contribution in [0.1, 0.15) is 11.6 Å². The Morgan fingerprint density at radius 1 is 1.24 bits per heavy atom. The van der Waals surface area contributed by atoms with Crippen LogP contribution >= 0.6 is 15.9 Å². The summed E-state index contributed by atoms with van der Waals surface area (Å²) < 4.78 is 0.880. The Kier molecular flexibility index (Phi) is 3.04. The fourth-order valence-electron chi connectivity index (χ4n) is 1.66. The smallest absolute Gasteiger partial charge is 0.325 e. The Morgan fingerprint density at radius 2 is 1.94 bits per heavy atom. The zero-order valence-corrected chi connectivity index (χ0v) is 10.3. The van der Waals surface area contributed by atoms with Gasteiger partial charge in [0.1, 0.15) is 11.8 Å². The van der Waals surface area contributed by atoms with E-state index in [0.717, 1.165) is 15.2 Å². The molecule has 0 radical (unpaired) electrons. The Morgan fingerprint density at radius 3 is 2.59 bits per heavy atom. The predicted molar refractivity (Wildman–Crippen MR) is 67.9 cm³/mol. The van der Waals surface area contributed by atoms with Crippen LogP contribution in [0, 0.1) is 0 Å². The normalized spacial score (nSPS) is 12.6. The fourth-order valence-corrected chi connectivity index (χ4v) is 2.04. The Hall–Kier alpha value is -1.59. The molecule has 0 saturated heterocycles. The van der Waals surface area contributed by atoms with Crippen LogP contribution < -0.4 is 5.73 Å². The first kappa shape index (κ1) is 11.9. The van der Waals surface area contributed by atoms with E-state index in [-0.39, 0.29) is 11.3 Å². The molecule has 0 aromatic heterocycles. The lowest BCUT2D eigenvalue weighted by molar-refractivity contribution is -0.138. The maximum Gasteiger partial charge on any atom is 0.325 e. The highest BCUT2D eigenvalue weighted by Crippen LogP contribution is 2.30. The highest BCUT2D eigenvalue weighted by Gasteiger charge is 2.18. The molecule has 2 rings (SSSR count). The van der Waals surface area contributed by atoms with Crippen LogP contribution in [-0.4, -0.2) is 16.2 Å². The molecule has 88 valence electrons.